The molecule has 2 N–H and O–H groups in total. The van der Waals surface area contributed by atoms with Crippen molar-refractivity contribution in [1.82, 2.24) is 10.3 Å². The minimum Gasteiger partial charge on any atom is -0.377 e. The molecule has 1 heterocycles. The van der Waals surface area contributed by atoms with Crippen LogP contribution in [0.3, 0.4) is 0 Å². The van der Waals surface area contributed by atoms with Crippen molar-refractivity contribution in [2.24, 2.45) is 0 Å². The molecule has 4 heteroatoms. The minimum atomic E-state index is -0.0337. The quantitative estimate of drug-likeness (QED) is 0.457. The molecule has 0 radical (unpaired) electrons. The zero-order valence-corrected chi connectivity index (χ0v) is 21.4. The number of hydrogen-bond acceptors (Lipinski definition) is 4. The first-order valence-corrected chi connectivity index (χ1v) is 12.3. The first kappa shape index (κ1) is 23.6. The van der Waals surface area contributed by atoms with E-state index in [2.05, 4.69) is 107 Å². The van der Waals surface area contributed by atoms with Crippen LogP contribution in [0.5, 0.6) is 0 Å². The third-order valence-corrected chi connectivity index (χ3v) is 7.55. The maximum absolute atomic E-state index is 4.90. The molecule has 0 bridgehead atoms. The Kier molecular flexibility index (Phi) is 6.67. The van der Waals surface area contributed by atoms with Crippen LogP contribution in [0.15, 0.2) is 42.5 Å². The number of aryl methyl sites for hydroxylation is 1. The zero-order valence-electron chi connectivity index (χ0n) is 21.4. The van der Waals surface area contributed by atoms with Gasteiger partial charge in [0, 0.05) is 48.9 Å². The first-order valence-electron chi connectivity index (χ1n) is 12.3. The average molecular weight is 445 g/mol. The van der Waals surface area contributed by atoms with Crippen molar-refractivity contribution < 1.29 is 0 Å². The molecule has 0 unspecified atom stereocenters. The normalized spacial score (nSPS) is 19.0. The van der Waals surface area contributed by atoms with Crippen molar-refractivity contribution in [3.63, 3.8) is 0 Å². The predicted octanol–water partition coefficient (Wildman–Crippen LogP) is 6.47. The van der Waals surface area contributed by atoms with Gasteiger partial charge < -0.3 is 15.5 Å². The van der Waals surface area contributed by atoms with Crippen LogP contribution in [-0.2, 0) is 5.54 Å². The van der Waals surface area contributed by atoms with Crippen LogP contribution < -0.4 is 15.5 Å². The topological polar surface area (TPSA) is 40.2 Å². The number of benzene rings is 2. The Labute approximate surface area is 199 Å². The molecule has 4 nitrogen and oxygen atoms in total. The fraction of sp³-hybridized carbons (Fsp3) is 0.483. The second kappa shape index (κ2) is 9.34. The molecule has 0 aliphatic heterocycles. The summed E-state index contributed by atoms with van der Waals surface area (Å²) in [5, 5.41) is 8.92. The summed E-state index contributed by atoms with van der Waals surface area (Å²) < 4.78 is 0. The van der Waals surface area contributed by atoms with Crippen LogP contribution in [-0.4, -0.2) is 31.2 Å². The van der Waals surface area contributed by atoms with Crippen LogP contribution in [0, 0.1) is 20.8 Å². The van der Waals surface area contributed by atoms with Crippen LogP contribution in [0.2, 0.25) is 0 Å². The van der Waals surface area contributed by atoms with E-state index >= 15 is 0 Å². The summed E-state index contributed by atoms with van der Waals surface area (Å²) >= 11 is 0. The predicted molar refractivity (Wildman–Crippen MR) is 143 cm³/mol. The van der Waals surface area contributed by atoms with Gasteiger partial charge in [-0.25, -0.2) is 4.98 Å². The van der Waals surface area contributed by atoms with Gasteiger partial charge in [0.15, 0.2) is 0 Å². The number of anilines is 2. The molecule has 2 aromatic carbocycles. The van der Waals surface area contributed by atoms with E-state index in [1.165, 1.54) is 46.2 Å². The van der Waals surface area contributed by atoms with E-state index in [4.69, 9.17) is 4.98 Å². The smallest absolute Gasteiger partial charge is 0.128 e. The number of nitrogens with one attached hydrogen (secondary N) is 2. The molecule has 1 aliphatic rings. The van der Waals surface area contributed by atoms with Gasteiger partial charge >= 0.3 is 0 Å². The van der Waals surface area contributed by atoms with E-state index in [-0.39, 0.29) is 5.54 Å². The van der Waals surface area contributed by atoms with Crippen molar-refractivity contribution in [3.05, 3.63) is 64.7 Å². The number of aromatic nitrogens is 1. The monoisotopic (exact) mass is 444 g/mol. The summed E-state index contributed by atoms with van der Waals surface area (Å²) in [6.07, 6.45) is 4.68. The number of rotatable bonds is 6. The summed E-state index contributed by atoms with van der Waals surface area (Å²) in [6.45, 7) is 11.4. The Morgan fingerprint density at radius 3 is 2.24 bits per heavy atom. The average Bonchev–Trinajstić information content (AvgIpc) is 2.78. The maximum atomic E-state index is 4.90. The number of fused-ring (bicyclic) bond motifs is 1. The Hall–Kier alpha value is -2.59. The lowest BCUT2D eigenvalue weighted by Crippen LogP contribution is -2.46. The molecule has 33 heavy (non-hydrogen) atoms. The lowest BCUT2D eigenvalue weighted by Gasteiger charge is -2.38. The van der Waals surface area contributed by atoms with E-state index in [0.29, 0.717) is 12.1 Å². The number of hydrogen-bond donors (Lipinski definition) is 2. The standard InChI is InChI=1S/C29H40N4/c1-19-12-17-25(21(3)20(19)2)29(4,5)32-23-15-13-22(14-16-23)30-28-18-27(33(6)7)24-10-8-9-11-26(24)31-28/h8-12,17-18,22-23,32H,13-16H2,1-7H3,(H,30,31)/t22-,23+. The van der Waals surface area contributed by atoms with Gasteiger partial charge in [-0.3, -0.25) is 0 Å². The first-order chi connectivity index (χ1) is 15.7. The fourth-order valence-corrected chi connectivity index (χ4v) is 5.41. The zero-order chi connectivity index (χ0) is 23.8. The molecule has 1 aliphatic carbocycles. The van der Waals surface area contributed by atoms with Crippen molar-refractivity contribution in [1.29, 1.82) is 0 Å². The van der Waals surface area contributed by atoms with Crippen LogP contribution in [0.25, 0.3) is 10.9 Å². The van der Waals surface area contributed by atoms with Gasteiger partial charge in [-0.2, -0.15) is 0 Å². The number of nitrogens with zero attached hydrogens (tertiary/aromatic N) is 2. The minimum absolute atomic E-state index is 0.0337. The molecular weight excluding hydrogens is 404 g/mol. The molecule has 0 atom stereocenters. The molecule has 0 saturated heterocycles. The molecule has 1 saturated carbocycles. The lowest BCUT2D eigenvalue weighted by atomic mass is 9.84. The molecule has 3 aromatic rings. The largest absolute Gasteiger partial charge is 0.377 e. The molecule has 1 aromatic heterocycles. The molecule has 176 valence electrons. The third kappa shape index (κ3) is 5.01. The van der Waals surface area contributed by atoms with Gasteiger partial charge in [-0.15, -0.1) is 0 Å². The Morgan fingerprint density at radius 2 is 1.55 bits per heavy atom. The van der Waals surface area contributed by atoms with E-state index in [1.807, 2.05) is 0 Å². The third-order valence-electron chi connectivity index (χ3n) is 7.55. The summed E-state index contributed by atoms with van der Waals surface area (Å²) in [5.74, 6) is 0.986. The number of pyridine rings is 1. The Bertz CT molecular complexity index is 1120. The van der Waals surface area contributed by atoms with Crippen LogP contribution in [0.4, 0.5) is 11.5 Å². The summed E-state index contributed by atoms with van der Waals surface area (Å²) in [6, 6.07) is 16.2. The number of para-hydroxylation sites is 1. The van der Waals surface area contributed by atoms with Crippen molar-refractivity contribution >= 4 is 22.4 Å². The van der Waals surface area contributed by atoms with Gasteiger partial charge in [-0.05, 0) is 88.6 Å². The molecule has 0 spiro atoms. The molecule has 0 amide bonds. The van der Waals surface area contributed by atoms with Crippen molar-refractivity contribution in [2.45, 2.75) is 77.9 Å². The lowest BCUT2D eigenvalue weighted by molar-refractivity contribution is 0.273. The van der Waals surface area contributed by atoms with Gasteiger partial charge in [0.25, 0.3) is 0 Å². The fourth-order valence-electron chi connectivity index (χ4n) is 5.41. The second-order valence-corrected chi connectivity index (χ2v) is 10.6. The summed E-state index contributed by atoms with van der Waals surface area (Å²) in [4.78, 5) is 7.08. The highest BCUT2D eigenvalue weighted by molar-refractivity contribution is 5.93. The maximum Gasteiger partial charge on any atom is 0.128 e. The Balaban J connectivity index is 1.41. The van der Waals surface area contributed by atoms with Crippen molar-refractivity contribution in [2.75, 3.05) is 24.3 Å². The second-order valence-electron chi connectivity index (χ2n) is 10.6. The van der Waals surface area contributed by atoms with Gasteiger partial charge in [0.2, 0.25) is 0 Å². The van der Waals surface area contributed by atoms with Gasteiger partial charge in [0.1, 0.15) is 5.82 Å². The molecular formula is C29H40N4. The summed E-state index contributed by atoms with van der Waals surface area (Å²) in [5.41, 5.74) is 7.85. The Morgan fingerprint density at radius 1 is 0.879 bits per heavy atom. The van der Waals surface area contributed by atoms with Gasteiger partial charge in [0.05, 0.1) is 5.52 Å². The highest BCUT2D eigenvalue weighted by Gasteiger charge is 2.29. The highest BCUT2D eigenvalue weighted by atomic mass is 15.1. The van der Waals surface area contributed by atoms with E-state index in [1.54, 1.807) is 0 Å². The highest BCUT2D eigenvalue weighted by Crippen LogP contribution is 2.32. The van der Waals surface area contributed by atoms with E-state index in [9.17, 15) is 0 Å². The SMILES string of the molecule is Cc1ccc(C(C)(C)N[C@H]2CC[C@@H](Nc3cc(N(C)C)c4ccccc4n3)CC2)c(C)c1C. The summed E-state index contributed by atoms with van der Waals surface area (Å²) in [7, 11) is 4.20. The van der Waals surface area contributed by atoms with Crippen LogP contribution >= 0.6 is 0 Å². The van der Waals surface area contributed by atoms with Crippen molar-refractivity contribution in [3.8, 4) is 0 Å². The van der Waals surface area contributed by atoms with E-state index < -0.39 is 0 Å². The molecule has 4 rings (SSSR count). The van der Waals surface area contributed by atoms with Gasteiger partial charge in [-0.1, -0.05) is 30.3 Å². The van der Waals surface area contributed by atoms with E-state index in [0.717, 1.165) is 24.2 Å². The van der Waals surface area contributed by atoms with Crippen LogP contribution in [0.1, 0.15) is 61.8 Å². The molecule has 1 fully saturated rings.